The Labute approximate surface area is 343 Å². The number of carboxylic acids is 1. The Morgan fingerprint density at radius 1 is 1.07 bits per heavy atom. The van der Waals surface area contributed by atoms with Gasteiger partial charge in [0.2, 0.25) is 5.91 Å². The van der Waals surface area contributed by atoms with Crippen molar-refractivity contribution in [2.75, 3.05) is 19.0 Å². The summed E-state index contributed by atoms with van der Waals surface area (Å²) in [7, 11) is 1.53. The van der Waals surface area contributed by atoms with E-state index in [0.29, 0.717) is 63.5 Å². The lowest BCUT2D eigenvalue weighted by atomic mass is 9.77. The van der Waals surface area contributed by atoms with E-state index in [4.69, 9.17) is 35.8 Å². The number of ether oxygens (including phenoxy) is 3. The molecule has 3 heterocycles. The van der Waals surface area contributed by atoms with Crippen LogP contribution in [0.3, 0.4) is 0 Å². The van der Waals surface area contributed by atoms with Gasteiger partial charge < -0.3 is 29.5 Å². The standard InChI is InChI=1S/C43H55ClN4O8S/c1-9-25-18-43(25,40(52)53)19-32(49)31-15-27(20-48(31)39(51)29(42(5,6)7)16-35(50)56-26-13-23-12-24(23)14-26)55-34-17-30(37-22(4)57-41(47-37)45-21(2)3)46-38-28(34)10-11-33(54-8)36(38)44/h10-11,17,21,23-27,29,31H,9,12-16,18-20H2,1-8H3,(H,45,47)(H,52,53)/t23-,24+,25-,26?,27-,29-,31?,43-/m1/s1. The van der Waals surface area contributed by atoms with Gasteiger partial charge in [0.05, 0.1) is 48.7 Å². The van der Waals surface area contributed by atoms with E-state index in [9.17, 15) is 24.3 Å². The number of hydrogen-bond acceptors (Lipinski definition) is 11. The molecule has 0 bridgehead atoms. The largest absolute Gasteiger partial charge is 0.495 e. The highest BCUT2D eigenvalue weighted by atomic mass is 35.5. The molecule has 0 spiro atoms. The van der Waals surface area contributed by atoms with Gasteiger partial charge in [-0.25, -0.2) is 9.97 Å². The highest BCUT2D eigenvalue weighted by Gasteiger charge is 2.61. The molecule has 14 heteroatoms. The molecule has 2 N–H and O–H groups in total. The second kappa shape index (κ2) is 15.7. The Hall–Kier alpha value is -3.97. The van der Waals surface area contributed by atoms with Crippen LogP contribution < -0.4 is 14.8 Å². The van der Waals surface area contributed by atoms with Gasteiger partial charge >= 0.3 is 11.9 Å². The minimum absolute atomic E-state index is 0.0569. The normalized spacial score (nSPS) is 26.9. The fraction of sp³-hybridized carbons (Fsp3) is 0.628. The van der Waals surface area contributed by atoms with Crippen molar-refractivity contribution in [2.24, 2.45) is 34.5 Å². The molecular formula is C43H55ClN4O8S. The number of carbonyl (C=O) groups excluding carboxylic acids is 3. The van der Waals surface area contributed by atoms with Crippen molar-refractivity contribution < 1.29 is 38.5 Å². The van der Waals surface area contributed by atoms with Crippen LogP contribution in [0.4, 0.5) is 5.13 Å². The quantitative estimate of drug-likeness (QED) is 0.142. The fourth-order valence-corrected chi connectivity index (χ4v) is 10.4. The lowest BCUT2D eigenvalue weighted by Crippen LogP contribution is -2.48. The van der Waals surface area contributed by atoms with Crippen molar-refractivity contribution >= 4 is 62.6 Å². The molecule has 1 saturated heterocycles. The third-order valence-electron chi connectivity index (χ3n) is 12.6. The van der Waals surface area contributed by atoms with E-state index in [1.807, 2.05) is 60.6 Å². The molecule has 7 rings (SSSR count). The molecule has 3 saturated carbocycles. The molecular weight excluding hydrogens is 768 g/mol. The number of ketones is 1. The summed E-state index contributed by atoms with van der Waals surface area (Å²) >= 11 is 8.39. The number of anilines is 1. The van der Waals surface area contributed by atoms with Gasteiger partial charge in [-0.3, -0.25) is 19.2 Å². The molecule has 8 atom stereocenters. The van der Waals surface area contributed by atoms with Gasteiger partial charge in [0.1, 0.15) is 34.4 Å². The molecule has 57 heavy (non-hydrogen) atoms. The van der Waals surface area contributed by atoms with E-state index in [2.05, 4.69) is 5.32 Å². The summed E-state index contributed by atoms with van der Waals surface area (Å²) in [5.74, 6) is -0.792. The predicted octanol–water partition coefficient (Wildman–Crippen LogP) is 8.35. The number of pyridine rings is 1. The number of esters is 1. The van der Waals surface area contributed by atoms with Crippen molar-refractivity contribution in [1.29, 1.82) is 0 Å². The summed E-state index contributed by atoms with van der Waals surface area (Å²) in [5, 5.41) is 15.3. The van der Waals surface area contributed by atoms with Crippen LogP contribution in [0.5, 0.6) is 11.5 Å². The molecule has 12 nitrogen and oxygen atoms in total. The number of thiazole rings is 1. The van der Waals surface area contributed by atoms with Crippen LogP contribution in [0.1, 0.15) is 97.8 Å². The number of carbonyl (C=O) groups is 4. The Bertz CT molecular complexity index is 2070. The number of benzene rings is 1. The second-order valence-corrected chi connectivity index (χ2v) is 19.6. The third-order valence-corrected chi connectivity index (χ3v) is 13.8. The van der Waals surface area contributed by atoms with Crippen molar-refractivity contribution in [3.05, 3.63) is 28.1 Å². The average molecular weight is 823 g/mol. The van der Waals surface area contributed by atoms with E-state index < -0.39 is 40.8 Å². The summed E-state index contributed by atoms with van der Waals surface area (Å²) in [4.78, 5) is 67.3. The van der Waals surface area contributed by atoms with Gasteiger partial charge in [-0.15, -0.1) is 11.3 Å². The molecule has 4 aliphatic rings. The van der Waals surface area contributed by atoms with E-state index in [1.165, 1.54) is 29.8 Å². The minimum atomic E-state index is -1.14. The highest BCUT2D eigenvalue weighted by Crippen LogP contribution is 2.58. The molecule has 0 radical (unpaired) electrons. The maximum atomic E-state index is 14.8. The monoisotopic (exact) mass is 822 g/mol. The lowest BCUT2D eigenvalue weighted by molar-refractivity contribution is -0.157. The zero-order chi connectivity index (χ0) is 41.1. The smallest absolute Gasteiger partial charge is 0.310 e. The third kappa shape index (κ3) is 8.33. The first-order valence-electron chi connectivity index (χ1n) is 20.3. The van der Waals surface area contributed by atoms with Crippen LogP contribution in [0, 0.1) is 41.4 Å². The van der Waals surface area contributed by atoms with Crippen LogP contribution >= 0.6 is 22.9 Å². The number of nitrogens with zero attached hydrogens (tertiary/aromatic N) is 3. The van der Waals surface area contributed by atoms with Crippen LogP contribution in [-0.4, -0.2) is 81.5 Å². The first-order valence-corrected chi connectivity index (χ1v) is 21.5. The Morgan fingerprint density at radius 2 is 1.79 bits per heavy atom. The van der Waals surface area contributed by atoms with Crippen molar-refractivity contribution in [3.63, 3.8) is 0 Å². The molecule has 3 aliphatic carbocycles. The summed E-state index contributed by atoms with van der Waals surface area (Å²) in [6, 6.07) is 4.59. The molecule has 4 fully saturated rings. The number of aryl methyl sites for hydroxylation is 1. The summed E-state index contributed by atoms with van der Waals surface area (Å²) in [5.41, 5.74) is -0.150. The first kappa shape index (κ1) is 41.2. The average Bonchev–Trinajstić information content (AvgIpc) is 3.86. The first-order chi connectivity index (χ1) is 26.9. The number of amides is 1. The molecule has 3 aromatic rings. The number of aromatic nitrogens is 2. The molecule has 1 aliphatic heterocycles. The molecule has 308 valence electrons. The number of halogens is 1. The number of fused-ring (bicyclic) bond motifs is 2. The second-order valence-electron chi connectivity index (χ2n) is 18.1. The van der Waals surface area contributed by atoms with Gasteiger partial charge in [0.25, 0.3) is 0 Å². The maximum Gasteiger partial charge on any atom is 0.310 e. The van der Waals surface area contributed by atoms with E-state index in [0.717, 1.165) is 22.9 Å². The molecule has 1 amide bonds. The van der Waals surface area contributed by atoms with Gasteiger partial charge in [-0.2, -0.15) is 0 Å². The number of Topliss-reactive ketones (excluding diaryl/α,β-unsaturated/α-hetero) is 1. The van der Waals surface area contributed by atoms with Crippen LogP contribution in [-0.2, 0) is 23.9 Å². The Morgan fingerprint density at radius 3 is 2.40 bits per heavy atom. The van der Waals surface area contributed by atoms with Gasteiger partial charge in [0.15, 0.2) is 10.9 Å². The minimum Gasteiger partial charge on any atom is -0.495 e. The van der Waals surface area contributed by atoms with Gasteiger partial charge in [-0.1, -0.05) is 45.7 Å². The lowest BCUT2D eigenvalue weighted by Gasteiger charge is -2.35. The Kier molecular flexibility index (Phi) is 11.3. The number of likely N-dealkylation sites (tertiary alicyclic amines) is 1. The van der Waals surface area contributed by atoms with Crippen molar-refractivity contribution in [1.82, 2.24) is 14.9 Å². The van der Waals surface area contributed by atoms with Gasteiger partial charge in [0, 0.05) is 35.2 Å². The number of hydrogen-bond donors (Lipinski definition) is 2. The number of aliphatic carboxylic acids is 1. The predicted molar refractivity (Wildman–Crippen MR) is 219 cm³/mol. The van der Waals surface area contributed by atoms with Crippen LogP contribution in [0.25, 0.3) is 22.3 Å². The molecule has 2 aromatic heterocycles. The van der Waals surface area contributed by atoms with Crippen molar-refractivity contribution in [2.45, 2.75) is 124 Å². The van der Waals surface area contributed by atoms with E-state index in [1.54, 1.807) is 6.07 Å². The number of nitrogens with one attached hydrogen (secondary N) is 1. The van der Waals surface area contributed by atoms with Crippen LogP contribution in [0.2, 0.25) is 5.02 Å². The Balaban J connectivity index is 1.21. The summed E-state index contributed by atoms with van der Waals surface area (Å²) in [6.45, 7) is 13.8. The SMILES string of the molecule is CC[C@@H]1C[C@]1(CC(=O)C1C[C@@H](Oc2cc(-c3nc(NC(C)C)sc3C)nc3c(Cl)c(OC)ccc23)CN1C(=O)[C@@H](CC(=O)OC1C[C@@H]2C[C@@H]2C1)C(C)(C)C)C(=O)O. The van der Waals surface area contributed by atoms with Crippen molar-refractivity contribution in [3.8, 4) is 22.9 Å². The number of rotatable bonds is 15. The maximum absolute atomic E-state index is 14.8. The topological polar surface area (TPSA) is 157 Å². The van der Waals surface area contributed by atoms with Crippen LogP contribution in [0.15, 0.2) is 18.2 Å². The zero-order valence-electron chi connectivity index (χ0n) is 34.1. The molecule has 2 unspecified atom stereocenters. The highest BCUT2D eigenvalue weighted by molar-refractivity contribution is 7.16. The summed E-state index contributed by atoms with van der Waals surface area (Å²) < 4.78 is 18.2. The van der Waals surface area contributed by atoms with E-state index in [-0.39, 0.29) is 55.6 Å². The number of carboxylic acid groups (broad SMARTS) is 1. The van der Waals surface area contributed by atoms with E-state index >= 15 is 0 Å². The zero-order valence-corrected chi connectivity index (χ0v) is 35.7. The number of methoxy groups -OCH3 is 1. The fourth-order valence-electron chi connectivity index (χ4n) is 9.16. The summed E-state index contributed by atoms with van der Waals surface area (Å²) in [6.07, 6.45) is 3.09. The molecule has 1 aromatic carbocycles. The van der Waals surface area contributed by atoms with Gasteiger partial charge in [-0.05, 0) is 81.8 Å².